The van der Waals surface area contributed by atoms with Crippen molar-refractivity contribution < 1.29 is 17.7 Å². The summed E-state index contributed by atoms with van der Waals surface area (Å²) in [5.74, 6) is -0.327. The molecular weight excluding hydrogens is 361 g/mol. The molecule has 9 heteroatoms. The van der Waals surface area contributed by atoms with Crippen molar-refractivity contribution in [1.82, 2.24) is 4.90 Å². The van der Waals surface area contributed by atoms with Gasteiger partial charge in [0.2, 0.25) is 0 Å². The molecule has 1 unspecified atom stereocenters. The lowest BCUT2D eigenvalue weighted by Crippen LogP contribution is -2.26. The van der Waals surface area contributed by atoms with Gasteiger partial charge in [0, 0.05) is 24.6 Å². The molecule has 0 aliphatic carbocycles. The summed E-state index contributed by atoms with van der Waals surface area (Å²) in [5.41, 5.74) is 0.875. The molecule has 0 amide bonds. The number of hydrogen-bond donors (Lipinski definition) is 1. The monoisotopic (exact) mass is 381 g/mol. The first kappa shape index (κ1) is 19.8. The molecule has 140 valence electrons. The van der Waals surface area contributed by atoms with E-state index in [0.29, 0.717) is 12.2 Å². The van der Waals surface area contributed by atoms with Crippen LogP contribution < -0.4 is 5.32 Å². The summed E-state index contributed by atoms with van der Waals surface area (Å²) in [7, 11) is -0.00952. The molecule has 0 saturated carbocycles. The van der Waals surface area contributed by atoms with Crippen molar-refractivity contribution in [2.45, 2.75) is 10.9 Å². The number of rotatable bonds is 7. The second-order valence-electron chi connectivity index (χ2n) is 6.12. The van der Waals surface area contributed by atoms with Gasteiger partial charge in [-0.05, 0) is 43.9 Å². The first-order chi connectivity index (χ1) is 12.1. The van der Waals surface area contributed by atoms with Crippen LogP contribution in [0.5, 0.6) is 0 Å². The largest absolute Gasteiger partial charge is 0.383 e. The van der Waals surface area contributed by atoms with E-state index in [9.17, 15) is 22.9 Å². The standard InChI is InChI=1S/C17H20FN3O4S/c1-20(2)16(12-4-6-13(18)7-5-12)11-19-14-8-9-15(21(22)23)17(10-14)26(3,24)25/h4-10,16,19H,11H2,1-3H3. The maximum absolute atomic E-state index is 13.1. The Balaban J connectivity index is 2.27. The Bertz CT molecular complexity index is 899. The number of nitro benzene ring substituents is 1. The van der Waals surface area contributed by atoms with Gasteiger partial charge in [0.25, 0.3) is 5.69 Å². The molecule has 1 N–H and O–H groups in total. The van der Waals surface area contributed by atoms with Crippen LogP contribution in [0, 0.1) is 15.9 Å². The first-order valence-electron chi connectivity index (χ1n) is 7.74. The van der Waals surface area contributed by atoms with E-state index in [4.69, 9.17) is 0 Å². The molecule has 0 radical (unpaired) electrons. The zero-order valence-corrected chi connectivity index (χ0v) is 15.5. The Morgan fingerprint density at radius 3 is 2.31 bits per heavy atom. The number of nitrogens with one attached hydrogen (secondary N) is 1. The van der Waals surface area contributed by atoms with Gasteiger partial charge in [-0.15, -0.1) is 0 Å². The van der Waals surface area contributed by atoms with Gasteiger partial charge in [0.05, 0.1) is 11.0 Å². The molecule has 7 nitrogen and oxygen atoms in total. The average Bonchev–Trinajstić information content (AvgIpc) is 2.55. The van der Waals surface area contributed by atoms with E-state index < -0.39 is 20.4 Å². The summed E-state index contributed by atoms with van der Waals surface area (Å²) < 4.78 is 36.8. The lowest BCUT2D eigenvalue weighted by Gasteiger charge is -2.25. The molecule has 0 fully saturated rings. The lowest BCUT2D eigenvalue weighted by atomic mass is 10.1. The minimum atomic E-state index is -3.75. The van der Waals surface area contributed by atoms with Crippen LogP contribution in [0.25, 0.3) is 0 Å². The van der Waals surface area contributed by atoms with Crippen LogP contribution in [0.15, 0.2) is 47.4 Å². The zero-order chi connectivity index (χ0) is 19.5. The second-order valence-corrected chi connectivity index (χ2v) is 8.11. The van der Waals surface area contributed by atoms with Crippen LogP contribution in [0.3, 0.4) is 0 Å². The number of halogens is 1. The van der Waals surface area contributed by atoms with Gasteiger partial charge >= 0.3 is 0 Å². The predicted molar refractivity (Wildman–Crippen MR) is 97.5 cm³/mol. The molecule has 0 bridgehead atoms. The molecule has 0 aliphatic rings. The van der Waals surface area contributed by atoms with E-state index in [1.54, 1.807) is 12.1 Å². The minimum Gasteiger partial charge on any atom is -0.383 e. The van der Waals surface area contributed by atoms with Crippen molar-refractivity contribution in [2.75, 3.05) is 32.2 Å². The van der Waals surface area contributed by atoms with Crippen LogP contribution in [-0.4, -0.2) is 45.1 Å². The Morgan fingerprint density at radius 2 is 1.81 bits per heavy atom. The quantitative estimate of drug-likeness (QED) is 0.586. The number of nitro groups is 1. The Kier molecular flexibility index (Phi) is 5.94. The summed E-state index contributed by atoms with van der Waals surface area (Å²) in [5, 5.41) is 14.1. The van der Waals surface area contributed by atoms with E-state index in [-0.39, 0.29) is 16.8 Å². The highest BCUT2D eigenvalue weighted by molar-refractivity contribution is 7.90. The summed E-state index contributed by atoms with van der Waals surface area (Å²) in [6.07, 6.45) is 0.931. The summed E-state index contributed by atoms with van der Waals surface area (Å²) >= 11 is 0. The van der Waals surface area contributed by atoms with E-state index in [2.05, 4.69) is 5.32 Å². The topological polar surface area (TPSA) is 92.5 Å². The molecular formula is C17H20FN3O4S. The van der Waals surface area contributed by atoms with Crippen molar-refractivity contribution in [2.24, 2.45) is 0 Å². The number of anilines is 1. The van der Waals surface area contributed by atoms with Crippen LogP contribution in [0.4, 0.5) is 15.8 Å². The Labute approximate surface area is 151 Å². The Morgan fingerprint density at radius 1 is 1.19 bits per heavy atom. The van der Waals surface area contributed by atoms with Crippen molar-refractivity contribution in [3.63, 3.8) is 0 Å². The van der Waals surface area contributed by atoms with Crippen molar-refractivity contribution in [3.8, 4) is 0 Å². The van der Waals surface area contributed by atoms with Gasteiger partial charge in [-0.3, -0.25) is 10.1 Å². The third-order valence-corrected chi connectivity index (χ3v) is 5.06. The zero-order valence-electron chi connectivity index (χ0n) is 14.6. The van der Waals surface area contributed by atoms with Crippen LogP contribution in [-0.2, 0) is 9.84 Å². The molecule has 1 atom stereocenters. The summed E-state index contributed by atoms with van der Waals surface area (Å²) in [6.45, 7) is 0.402. The fourth-order valence-electron chi connectivity index (χ4n) is 2.57. The van der Waals surface area contributed by atoms with Gasteiger partial charge < -0.3 is 10.2 Å². The third-order valence-electron chi connectivity index (χ3n) is 3.93. The van der Waals surface area contributed by atoms with Gasteiger partial charge in [-0.1, -0.05) is 12.1 Å². The maximum atomic E-state index is 13.1. The summed E-state index contributed by atoms with van der Waals surface area (Å²) in [4.78, 5) is 11.9. The van der Waals surface area contributed by atoms with Gasteiger partial charge in [-0.25, -0.2) is 12.8 Å². The van der Waals surface area contributed by atoms with E-state index in [1.807, 2.05) is 19.0 Å². The third kappa shape index (κ3) is 4.77. The van der Waals surface area contributed by atoms with Gasteiger partial charge in [0.1, 0.15) is 10.7 Å². The molecule has 0 heterocycles. The van der Waals surface area contributed by atoms with Crippen LogP contribution >= 0.6 is 0 Å². The van der Waals surface area contributed by atoms with E-state index in [0.717, 1.165) is 11.8 Å². The van der Waals surface area contributed by atoms with Gasteiger partial charge in [0.15, 0.2) is 9.84 Å². The van der Waals surface area contributed by atoms with Crippen LogP contribution in [0.2, 0.25) is 0 Å². The lowest BCUT2D eigenvalue weighted by molar-refractivity contribution is -0.387. The Hall–Kier alpha value is -2.52. The molecule has 26 heavy (non-hydrogen) atoms. The average molecular weight is 381 g/mol. The molecule has 0 spiro atoms. The number of sulfone groups is 1. The second kappa shape index (κ2) is 7.79. The summed E-state index contributed by atoms with van der Waals surface area (Å²) in [6, 6.07) is 9.89. The SMILES string of the molecule is CN(C)C(CNc1ccc([N+](=O)[O-])c(S(C)(=O)=O)c1)c1ccc(F)cc1. The highest BCUT2D eigenvalue weighted by atomic mass is 32.2. The fraction of sp³-hybridized carbons (Fsp3) is 0.294. The molecule has 2 rings (SSSR count). The molecule has 2 aromatic rings. The maximum Gasteiger partial charge on any atom is 0.288 e. The first-order valence-corrected chi connectivity index (χ1v) is 9.63. The highest BCUT2D eigenvalue weighted by Crippen LogP contribution is 2.28. The number of hydrogen-bond acceptors (Lipinski definition) is 6. The highest BCUT2D eigenvalue weighted by Gasteiger charge is 2.23. The predicted octanol–water partition coefficient (Wildman–Crippen LogP) is 2.85. The van der Waals surface area contributed by atoms with Crippen molar-refractivity contribution in [1.29, 1.82) is 0 Å². The number of likely N-dealkylation sites (N-methyl/N-ethyl adjacent to an activating group) is 1. The van der Waals surface area contributed by atoms with Crippen molar-refractivity contribution in [3.05, 3.63) is 64.0 Å². The van der Waals surface area contributed by atoms with Gasteiger partial charge in [-0.2, -0.15) is 0 Å². The van der Waals surface area contributed by atoms with E-state index in [1.165, 1.54) is 30.3 Å². The number of nitrogens with zero attached hydrogens (tertiary/aromatic N) is 2. The minimum absolute atomic E-state index is 0.104. The smallest absolute Gasteiger partial charge is 0.288 e. The molecule has 0 aliphatic heterocycles. The number of benzene rings is 2. The van der Waals surface area contributed by atoms with E-state index >= 15 is 0 Å². The normalized spacial score (nSPS) is 12.8. The fourth-order valence-corrected chi connectivity index (χ4v) is 3.43. The molecule has 0 aromatic heterocycles. The van der Waals surface area contributed by atoms with Crippen molar-refractivity contribution >= 4 is 21.2 Å². The van der Waals surface area contributed by atoms with Crippen LogP contribution in [0.1, 0.15) is 11.6 Å². The molecule has 0 saturated heterocycles. The molecule has 2 aromatic carbocycles.